The summed E-state index contributed by atoms with van der Waals surface area (Å²) in [6.07, 6.45) is -4.52. The van der Waals surface area contributed by atoms with E-state index in [1.54, 1.807) is 23.6 Å². The monoisotopic (exact) mass is 573 g/mol. The molecule has 2 aromatic heterocycles. The van der Waals surface area contributed by atoms with Gasteiger partial charge in [-0.1, -0.05) is 0 Å². The number of hydrogen-bond donors (Lipinski definition) is 1. The second-order valence-corrected chi connectivity index (χ2v) is 9.06. The molecule has 1 aromatic carbocycles. The van der Waals surface area contributed by atoms with Crippen LogP contribution in [0.15, 0.2) is 29.1 Å². The second-order valence-electron chi connectivity index (χ2n) is 9.06. The maximum absolute atomic E-state index is 13.6. The molecular weight excluding hydrogens is 547 g/mol. The molecule has 3 aromatic rings. The lowest BCUT2D eigenvalue weighted by Crippen LogP contribution is -2.50. The van der Waals surface area contributed by atoms with Crippen molar-refractivity contribution in [2.75, 3.05) is 43.0 Å². The molecule has 0 saturated carbocycles. The summed E-state index contributed by atoms with van der Waals surface area (Å²) in [4.78, 5) is 57.7. The van der Waals surface area contributed by atoms with Crippen LogP contribution >= 0.6 is 0 Å². The van der Waals surface area contributed by atoms with E-state index in [1.807, 2.05) is 0 Å². The molecule has 0 spiro atoms. The number of nitrogens with one attached hydrogen (secondary N) is 1. The van der Waals surface area contributed by atoms with Gasteiger partial charge >= 0.3 is 12.1 Å². The molecule has 0 aliphatic carbocycles. The first kappa shape index (κ1) is 29.1. The summed E-state index contributed by atoms with van der Waals surface area (Å²) < 4.78 is 45.9. The van der Waals surface area contributed by atoms with Gasteiger partial charge in [0.15, 0.2) is 0 Å². The van der Waals surface area contributed by atoms with Gasteiger partial charge in [0.1, 0.15) is 12.2 Å². The lowest BCUT2D eigenvalue weighted by atomic mass is 10.2. The van der Waals surface area contributed by atoms with Crippen LogP contribution in [-0.4, -0.2) is 74.6 Å². The van der Waals surface area contributed by atoms with E-state index in [0.717, 1.165) is 28.8 Å². The molecule has 0 radical (unpaired) electrons. The van der Waals surface area contributed by atoms with Crippen molar-refractivity contribution in [1.82, 2.24) is 24.1 Å². The highest BCUT2D eigenvalue weighted by molar-refractivity contribution is 5.91. The number of carbonyl (C=O) groups excluding carboxylic acids is 3. The van der Waals surface area contributed by atoms with Crippen LogP contribution in [0, 0.1) is 18.8 Å². The molecule has 0 bridgehead atoms. The summed E-state index contributed by atoms with van der Waals surface area (Å²) in [6, 6.07) is 3.97. The molecule has 4 rings (SSSR count). The Kier molecular flexibility index (Phi) is 8.31. The highest BCUT2D eigenvalue weighted by Gasteiger charge is 2.30. The number of amides is 2. The maximum Gasteiger partial charge on any atom is 0.416 e. The summed E-state index contributed by atoms with van der Waals surface area (Å²) in [6.45, 7) is 5.91. The fourth-order valence-corrected chi connectivity index (χ4v) is 4.36. The fraction of sp³-hybridized carbons (Fsp3) is 0.385. The van der Waals surface area contributed by atoms with E-state index in [2.05, 4.69) is 27.2 Å². The molecule has 3 heterocycles. The molecule has 2 amide bonds. The van der Waals surface area contributed by atoms with Crippen LogP contribution in [0.25, 0.3) is 5.78 Å². The summed E-state index contributed by atoms with van der Waals surface area (Å²) in [5.41, 5.74) is -0.648. The Morgan fingerprint density at radius 2 is 1.76 bits per heavy atom. The van der Waals surface area contributed by atoms with Crippen molar-refractivity contribution in [3.05, 3.63) is 51.7 Å². The number of ether oxygens (including phenoxy) is 1. The molecule has 216 valence electrons. The van der Waals surface area contributed by atoms with Crippen LogP contribution in [0.1, 0.15) is 30.9 Å². The van der Waals surface area contributed by atoms with Crippen LogP contribution in [0.3, 0.4) is 0 Å². The second kappa shape index (κ2) is 11.7. The van der Waals surface area contributed by atoms with Crippen molar-refractivity contribution in [1.29, 1.82) is 0 Å². The molecule has 0 atom stereocenters. The third-order valence-corrected chi connectivity index (χ3v) is 6.36. The summed E-state index contributed by atoms with van der Waals surface area (Å²) in [5, 5.41) is 6.67. The Hall–Kier alpha value is -4.87. The minimum Gasteiger partial charge on any atom is -0.456 e. The number of anilines is 2. The quantitative estimate of drug-likeness (QED) is 0.359. The van der Waals surface area contributed by atoms with Gasteiger partial charge in [-0.05, 0) is 44.0 Å². The minimum atomic E-state index is -4.52. The molecule has 1 aliphatic rings. The van der Waals surface area contributed by atoms with E-state index < -0.39 is 29.2 Å². The zero-order valence-corrected chi connectivity index (χ0v) is 22.4. The van der Waals surface area contributed by atoms with E-state index >= 15 is 0 Å². The lowest BCUT2D eigenvalue weighted by molar-refractivity contribution is -0.138. The van der Waals surface area contributed by atoms with Crippen LogP contribution < -0.4 is 15.8 Å². The number of benzene rings is 1. The van der Waals surface area contributed by atoms with Gasteiger partial charge in [0, 0.05) is 50.4 Å². The molecule has 12 nitrogen and oxygen atoms in total. The molecular formula is C26H26F3N7O5. The Morgan fingerprint density at radius 3 is 2.34 bits per heavy atom. The van der Waals surface area contributed by atoms with Crippen molar-refractivity contribution in [2.45, 2.75) is 33.5 Å². The Labute approximate surface area is 231 Å². The molecule has 1 aliphatic heterocycles. The molecule has 41 heavy (non-hydrogen) atoms. The SMILES string of the molecule is CCOC(=O)C#Cc1nc2n(CC(=O)Nc3ccc(C(F)(F)F)cc3)c(C)c(N3CCN(C(C)=O)CC3)c(=O)n2n1. The highest BCUT2D eigenvalue weighted by atomic mass is 19.4. The largest absolute Gasteiger partial charge is 0.456 e. The Bertz CT molecular complexity index is 1610. The standard InChI is InChI=1S/C26H26F3N7O5/c1-4-41-22(39)10-9-20-31-25-35(15-21(38)30-19-7-5-18(6-8-19)26(27,28)29)16(2)23(24(40)36(25)32-20)34-13-11-33(12-14-34)17(3)37/h5-8H,4,11-15H2,1-3H3,(H,30,38). The number of carbonyl (C=O) groups is 3. The first-order chi connectivity index (χ1) is 19.4. The first-order valence-corrected chi connectivity index (χ1v) is 12.6. The predicted octanol–water partition coefficient (Wildman–Crippen LogP) is 1.44. The fourth-order valence-electron chi connectivity index (χ4n) is 4.36. The Balaban J connectivity index is 1.71. The van der Waals surface area contributed by atoms with Crippen LogP contribution in [0.5, 0.6) is 0 Å². The van der Waals surface area contributed by atoms with E-state index in [1.165, 1.54) is 11.5 Å². The smallest absolute Gasteiger partial charge is 0.416 e. The average molecular weight is 574 g/mol. The Morgan fingerprint density at radius 1 is 1.10 bits per heavy atom. The van der Waals surface area contributed by atoms with E-state index in [4.69, 9.17) is 4.74 Å². The topological polar surface area (TPSA) is 131 Å². The van der Waals surface area contributed by atoms with Crippen molar-refractivity contribution in [3.63, 3.8) is 0 Å². The number of aromatic nitrogens is 4. The zero-order chi connectivity index (χ0) is 29.9. The predicted molar refractivity (Wildman–Crippen MR) is 140 cm³/mol. The van der Waals surface area contributed by atoms with Gasteiger partial charge in [0.05, 0.1) is 12.2 Å². The molecule has 15 heteroatoms. The van der Waals surface area contributed by atoms with Gasteiger partial charge < -0.3 is 24.4 Å². The molecule has 1 fully saturated rings. The summed E-state index contributed by atoms with van der Waals surface area (Å²) in [5.74, 6) is 2.98. The number of nitrogens with zero attached hydrogens (tertiary/aromatic N) is 6. The van der Waals surface area contributed by atoms with E-state index in [-0.39, 0.29) is 42.0 Å². The third kappa shape index (κ3) is 6.48. The first-order valence-electron chi connectivity index (χ1n) is 12.6. The summed E-state index contributed by atoms with van der Waals surface area (Å²) in [7, 11) is 0. The summed E-state index contributed by atoms with van der Waals surface area (Å²) >= 11 is 0. The van der Waals surface area contributed by atoms with E-state index in [0.29, 0.717) is 31.9 Å². The van der Waals surface area contributed by atoms with Crippen molar-refractivity contribution >= 4 is 34.9 Å². The third-order valence-electron chi connectivity index (χ3n) is 6.36. The van der Waals surface area contributed by atoms with Crippen LogP contribution in [0.4, 0.5) is 24.5 Å². The zero-order valence-electron chi connectivity index (χ0n) is 22.4. The van der Waals surface area contributed by atoms with Gasteiger partial charge in [0.2, 0.25) is 23.4 Å². The maximum atomic E-state index is 13.6. The average Bonchev–Trinajstić information content (AvgIpc) is 3.35. The van der Waals surface area contributed by atoms with Crippen molar-refractivity contribution in [2.24, 2.45) is 0 Å². The lowest BCUT2D eigenvalue weighted by Gasteiger charge is -2.36. The van der Waals surface area contributed by atoms with Gasteiger partial charge in [-0.25, -0.2) is 4.79 Å². The van der Waals surface area contributed by atoms with Crippen molar-refractivity contribution in [3.8, 4) is 11.8 Å². The van der Waals surface area contributed by atoms with Crippen LogP contribution in [0.2, 0.25) is 0 Å². The van der Waals surface area contributed by atoms with Gasteiger partial charge in [-0.2, -0.15) is 22.7 Å². The van der Waals surface area contributed by atoms with Gasteiger partial charge in [-0.15, -0.1) is 5.10 Å². The number of halogens is 3. The molecule has 0 unspecified atom stereocenters. The number of esters is 1. The number of hydrogen-bond acceptors (Lipinski definition) is 8. The molecule has 1 saturated heterocycles. The number of piperazine rings is 1. The van der Waals surface area contributed by atoms with Crippen molar-refractivity contribution < 1.29 is 32.3 Å². The van der Waals surface area contributed by atoms with Crippen LogP contribution in [-0.2, 0) is 31.8 Å². The number of rotatable bonds is 5. The van der Waals surface area contributed by atoms with E-state index in [9.17, 15) is 32.3 Å². The normalized spacial score (nSPS) is 13.5. The number of alkyl halides is 3. The number of fused-ring (bicyclic) bond motifs is 1. The molecule has 1 N–H and O–H groups in total. The highest BCUT2D eigenvalue weighted by Crippen LogP contribution is 2.30. The van der Waals surface area contributed by atoms with Gasteiger partial charge in [-0.3, -0.25) is 14.4 Å². The van der Waals surface area contributed by atoms with Gasteiger partial charge in [0.25, 0.3) is 5.56 Å². The minimum absolute atomic E-state index is 0.0330.